The summed E-state index contributed by atoms with van der Waals surface area (Å²) in [6.07, 6.45) is 2.14. The minimum atomic E-state index is -0.298. The van der Waals surface area contributed by atoms with Gasteiger partial charge in [0.2, 0.25) is 12.7 Å². The average molecular weight is 489 g/mol. The van der Waals surface area contributed by atoms with Gasteiger partial charge in [0.05, 0.1) is 21.3 Å². The van der Waals surface area contributed by atoms with Gasteiger partial charge in [0.15, 0.2) is 11.5 Å². The van der Waals surface area contributed by atoms with Crippen LogP contribution in [0.3, 0.4) is 0 Å². The number of aromatic amines is 1. The zero-order valence-electron chi connectivity index (χ0n) is 20.4. The van der Waals surface area contributed by atoms with Crippen LogP contribution in [0.1, 0.15) is 29.0 Å². The van der Waals surface area contributed by atoms with Crippen LogP contribution in [0, 0.1) is 0 Å². The Morgan fingerprint density at radius 3 is 2.58 bits per heavy atom. The number of fused-ring (bicyclic) bond motifs is 2. The van der Waals surface area contributed by atoms with Crippen LogP contribution in [0.15, 0.2) is 60.8 Å². The summed E-state index contributed by atoms with van der Waals surface area (Å²) >= 11 is 0. The largest absolute Gasteiger partial charge is 0.497 e. The molecule has 0 bridgehead atoms. The van der Waals surface area contributed by atoms with Gasteiger partial charge in [0.1, 0.15) is 17.2 Å². The lowest BCUT2D eigenvalue weighted by Crippen LogP contribution is -2.25. The first kappa shape index (κ1) is 23.4. The van der Waals surface area contributed by atoms with Gasteiger partial charge in [-0.3, -0.25) is 4.79 Å². The lowest BCUT2D eigenvalue weighted by Gasteiger charge is -2.21. The lowest BCUT2D eigenvalue weighted by molar-refractivity contribution is -0.121. The van der Waals surface area contributed by atoms with E-state index >= 15 is 0 Å². The van der Waals surface area contributed by atoms with E-state index in [-0.39, 0.29) is 25.0 Å². The van der Waals surface area contributed by atoms with E-state index in [9.17, 15) is 4.79 Å². The quantitative estimate of drug-likeness (QED) is 0.353. The van der Waals surface area contributed by atoms with E-state index in [4.69, 9.17) is 23.7 Å². The first-order valence-electron chi connectivity index (χ1n) is 11.6. The molecule has 8 nitrogen and oxygen atoms in total. The van der Waals surface area contributed by atoms with E-state index in [1.54, 1.807) is 21.3 Å². The van der Waals surface area contributed by atoms with Crippen LogP contribution in [-0.4, -0.2) is 39.0 Å². The number of hydrogen-bond donors (Lipinski definition) is 2. The number of carbonyl (C=O) groups is 1. The van der Waals surface area contributed by atoms with Gasteiger partial charge in [0, 0.05) is 47.6 Å². The van der Waals surface area contributed by atoms with E-state index < -0.39 is 0 Å². The number of carbonyl (C=O) groups excluding carboxylic acids is 1. The molecule has 1 aliphatic rings. The van der Waals surface area contributed by atoms with Crippen molar-refractivity contribution in [2.24, 2.45) is 0 Å². The predicted octanol–water partition coefficient (Wildman–Crippen LogP) is 4.76. The minimum absolute atomic E-state index is 0.0974. The third-order valence-electron chi connectivity index (χ3n) is 6.43. The molecule has 0 aliphatic carbocycles. The highest BCUT2D eigenvalue weighted by molar-refractivity contribution is 5.91. The Bertz CT molecular complexity index is 1400. The number of amides is 1. The molecule has 3 aromatic carbocycles. The molecule has 0 fully saturated rings. The number of rotatable bonds is 9. The molecule has 0 saturated carbocycles. The minimum Gasteiger partial charge on any atom is -0.497 e. The van der Waals surface area contributed by atoms with Crippen LogP contribution in [0.2, 0.25) is 0 Å². The molecule has 1 atom stereocenters. The van der Waals surface area contributed by atoms with Crippen LogP contribution in [-0.2, 0) is 11.3 Å². The molecule has 1 amide bonds. The van der Waals surface area contributed by atoms with Gasteiger partial charge in [0.25, 0.3) is 0 Å². The van der Waals surface area contributed by atoms with Gasteiger partial charge < -0.3 is 34.0 Å². The topological polar surface area (TPSA) is 91.0 Å². The number of benzene rings is 3. The maximum Gasteiger partial charge on any atom is 0.231 e. The highest BCUT2D eigenvalue weighted by atomic mass is 16.7. The first-order chi connectivity index (χ1) is 17.6. The van der Waals surface area contributed by atoms with Crippen LogP contribution >= 0.6 is 0 Å². The standard InChI is InChI=1S/C28H28N2O6/c1-32-18-8-9-19(25(12-18)34-3)20(21-15-29-22-5-4-6-24(33-2)28(21)22)13-27(31)30-14-17-7-10-23-26(11-17)36-16-35-23/h4-12,15,20,29H,13-14,16H2,1-3H3,(H,30,31)/t20-/m1/s1. The van der Waals surface area contributed by atoms with Gasteiger partial charge in [-0.2, -0.15) is 0 Å². The molecule has 4 aromatic rings. The van der Waals surface area contributed by atoms with Crippen molar-refractivity contribution in [1.82, 2.24) is 10.3 Å². The van der Waals surface area contributed by atoms with E-state index in [1.807, 2.05) is 60.8 Å². The van der Waals surface area contributed by atoms with Gasteiger partial charge >= 0.3 is 0 Å². The molecular weight excluding hydrogens is 460 g/mol. The van der Waals surface area contributed by atoms with E-state index in [1.165, 1.54) is 0 Å². The summed E-state index contributed by atoms with van der Waals surface area (Å²) in [5.41, 5.74) is 3.69. The van der Waals surface area contributed by atoms with Crippen LogP contribution in [0.4, 0.5) is 0 Å². The molecule has 0 spiro atoms. The predicted molar refractivity (Wildman–Crippen MR) is 135 cm³/mol. The third kappa shape index (κ3) is 4.49. The molecule has 2 N–H and O–H groups in total. The number of methoxy groups -OCH3 is 3. The third-order valence-corrected chi connectivity index (χ3v) is 6.43. The van der Waals surface area contributed by atoms with Crippen molar-refractivity contribution >= 4 is 16.8 Å². The molecule has 0 radical (unpaired) electrons. The molecule has 2 heterocycles. The average Bonchev–Trinajstić information content (AvgIpc) is 3.57. The number of nitrogens with one attached hydrogen (secondary N) is 2. The Morgan fingerprint density at radius 1 is 0.944 bits per heavy atom. The maximum atomic E-state index is 13.3. The monoisotopic (exact) mass is 488 g/mol. The zero-order chi connectivity index (χ0) is 25.1. The Labute approximate surface area is 209 Å². The smallest absolute Gasteiger partial charge is 0.231 e. The molecule has 1 aromatic heterocycles. The summed E-state index contributed by atoms with van der Waals surface area (Å²) in [5.74, 6) is 3.07. The summed E-state index contributed by atoms with van der Waals surface area (Å²) in [7, 11) is 4.87. The number of aromatic nitrogens is 1. The second kappa shape index (κ2) is 10.1. The molecule has 0 unspecified atom stereocenters. The van der Waals surface area contributed by atoms with Gasteiger partial charge in [-0.25, -0.2) is 0 Å². The molecule has 5 rings (SSSR count). The van der Waals surface area contributed by atoms with Crippen molar-refractivity contribution in [3.63, 3.8) is 0 Å². The first-order valence-corrected chi connectivity index (χ1v) is 11.6. The summed E-state index contributed by atoms with van der Waals surface area (Å²) in [6, 6.07) is 17.2. The highest BCUT2D eigenvalue weighted by Gasteiger charge is 2.26. The van der Waals surface area contributed by atoms with Crippen LogP contribution < -0.4 is 29.0 Å². The normalized spacial score (nSPS) is 12.9. The summed E-state index contributed by atoms with van der Waals surface area (Å²) in [4.78, 5) is 16.6. The maximum absolute atomic E-state index is 13.3. The second-order valence-corrected chi connectivity index (χ2v) is 8.46. The fraction of sp³-hybridized carbons (Fsp3) is 0.250. The van der Waals surface area contributed by atoms with Gasteiger partial charge in [-0.1, -0.05) is 18.2 Å². The Kier molecular flexibility index (Phi) is 6.58. The van der Waals surface area contributed by atoms with Crippen molar-refractivity contribution in [1.29, 1.82) is 0 Å². The van der Waals surface area contributed by atoms with Gasteiger partial charge in [-0.15, -0.1) is 0 Å². The van der Waals surface area contributed by atoms with Gasteiger partial charge in [-0.05, 0) is 41.5 Å². The van der Waals surface area contributed by atoms with Crippen LogP contribution in [0.5, 0.6) is 28.7 Å². The van der Waals surface area contributed by atoms with Crippen LogP contribution in [0.25, 0.3) is 10.9 Å². The van der Waals surface area contributed by atoms with Crippen molar-refractivity contribution in [2.75, 3.05) is 28.1 Å². The number of hydrogen-bond acceptors (Lipinski definition) is 6. The van der Waals surface area contributed by atoms with Crippen molar-refractivity contribution < 1.29 is 28.5 Å². The molecule has 1 aliphatic heterocycles. The summed E-state index contributed by atoms with van der Waals surface area (Å²) in [6.45, 7) is 0.587. The Hall–Kier alpha value is -4.33. The highest BCUT2D eigenvalue weighted by Crippen LogP contribution is 2.42. The fourth-order valence-corrected chi connectivity index (χ4v) is 4.62. The molecule has 36 heavy (non-hydrogen) atoms. The summed E-state index contributed by atoms with van der Waals surface area (Å²) in [5, 5.41) is 3.98. The Balaban J connectivity index is 1.47. The molecule has 0 saturated heterocycles. The van der Waals surface area contributed by atoms with E-state index in [0.29, 0.717) is 29.5 Å². The molecular formula is C28H28N2O6. The molecule has 186 valence electrons. The number of H-pyrrole nitrogens is 1. The second-order valence-electron chi connectivity index (χ2n) is 8.46. The zero-order valence-corrected chi connectivity index (χ0v) is 20.4. The van der Waals surface area contributed by atoms with Crippen molar-refractivity contribution in [3.8, 4) is 28.7 Å². The SMILES string of the molecule is COc1ccc([C@@H](CC(=O)NCc2ccc3c(c2)OCO3)c2c[nH]c3cccc(OC)c23)c(OC)c1. The lowest BCUT2D eigenvalue weighted by atomic mass is 9.87. The van der Waals surface area contributed by atoms with Crippen molar-refractivity contribution in [3.05, 3.63) is 77.5 Å². The molecule has 8 heteroatoms. The fourth-order valence-electron chi connectivity index (χ4n) is 4.62. The van der Waals surface area contributed by atoms with E-state index in [2.05, 4.69) is 10.3 Å². The Morgan fingerprint density at radius 2 is 1.78 bits per heavy atom. The van der Waals surface area contributed by atoms with Crippen molar-refractivity contribution in [2.45, 2.75) is 18.9 Å². The van der Waals surface area contributed by atoms with E-state index in [0.717, 1.165) is 33.3 Å². The number of ether oxygens (including phenoxy) is 5. The summed E-state index contributed by atoms with van der Waals surface area (Å²) < 4.78 is 27.6.